The molecule has 0 aliphatic carbocycles. The summed E-state index contributed by atoms with van der Waals surface area (Å²) in [6, 6.07) is 0. The molecule has 0 bridgehead atoms. The van der Waals surface area contributed by atoms with Crippen molar-refractivity contribution in [3.63, 3.8) is 0 Å². The van der Waals surface area contributed by atoms with Crippen LogP contribution in [0, 0.1) is 0 Å². The van der Waals surface area contributed by atoms with Crippen LogP contribution in [0.2, 0.25) is 0 Å². The summed E-state index contributed by atoms with van der Waals surface area (Å²) in [5, 5.41) is 0. The Kier molecular flexibility index (Phi) is 3.07. The van der Waals surface area contributed by atoms with Crippen LogP contribution in [0.25, 0.3) is 0 Å². The van der Waals surface area contributed by atoms with Gasteiger partial charge in [0.2, 0.25) is 0 Å². The largest absolute Gasteiger partial charge is 0.459 e. The van der Waals surface area contributed by atoms with Crippen molar-refractivity contribution in [1.29, 1.82) is 0 Å². The molecule has 0 saturated carbocycles. The number of hydrogen-bond acceptors (Lipinski definition) is 2. The van der Waals surface area contributed by atoms with Crippen LogP contribution in [-0.4, -0.2) is 18.2 Å². The smallest absolute Gasteiger partial charge is 0.334 e. The van der Waals surface area contributed by atoms with E-state index in [0.29, 0.717) is 0 Å². The van der Waals surface area contributed by atoms with E-state index < -0.39 is 0 Å². The SMILES string of the molecule is CCP/C=C1/CC(C)OC1=O. The first-order valence-corrected chi connectivity index (χ1v) is 5.16. The van der Waals surface area contributed by atoms with Gasteiger partial charge in [0.05, 0.1) is 0 Å². The summed E-state index contributed by atoms with van der Waals surface area (Å²) < 4.78 is 4.97. The third-order valence-corrected chi connectivity index (χ3v) is 2.52. The molecule has 0 aromatic carbocycles. The zero-order valence-corrected chi connectivity index (χ0v) is 7.89. The van der Waals surface area contributed by atoms with Crippen molar-refractivity contribution in [2.24, 2.45) is 0 Å². The molecule has 0 aromatic heterocycles. The van der Waals surface area contributed by atoms with Gasteiger partial charge in [0.1, 0.15) is 6.10 Å². The maximum Gasteiger partial charge on any atom is 0.334 e. The number of hydrogen-bond donors (Lipinski definition) is 0. The highest BCUT2D eigenvalue weighted by atomic mass is 31.1. The predicted molar refractivity (Wildman–Crippen MR) is 47.1 cm³/mol. The number of cyclic esters (lactones) is 1. The molecule has 0 aromatic rings. The van der Waals surface area contributed by atoms with Crippen LogP contribution in [0.3, 0.4) is 0 Å². The van der Waals surface area contributed by atoms with Gasteiger partial charge in [-0.25, -0.2) is 4.79 Å². The molecule has 0 spiro atoms. The molecular weight excluding hydrogens is 159 g/mol. The molecule has 0 radical (unpaired) electrons. The third-order valence-electron chi connectivity index (χ3n) is 1.56. The Labute approximate surface area is 68.8 Å². The zero-order chi connectivity index (χ0) is 8.27. The van der Waals surface area contributed by atoms with E-state index in [1.807, 2.05) is 12.7 Å². The quantitative estimate of drug-likeness (QED) is 0.361. The van der Waals surface area contributed by atoms with Crippen molar-refractivity contribution in [3.8, 4) is 0 Å². The monoisotopic (exact) mass is 172 g/mol. The molecule has 1 fully saturated rings. The van der Waals surface area contributed by atoms with E-state index in [1.165, 1.54) is 0 Å². The molecule has 1 aliphatic rings. The average molecular weight is 172 g/mol. The van der Waals surface area contributed by atoms with Crippen LogP contribution >= 0.6 is 8.58 Å². The van der Waals surface area contributed by atoms with Crippen molar-refractivity contribution >= 4 is 14.6 Å². The summed E-state index contributed by atoms with van der Waals surface area (Å²) in [7, 11) is 0.762. The van der Waals surface area contributed by atoms with Gasteiger partial charge in [0, 0.05) is 12.0 Å². The highest BCUT2D eigenvalue weighted by molar-refractivity contribution is 7.41. The maximum absolute atomic E-state index is 11.0. The van der Waals surface area contributed by atoms with Crippen molar-refractivity contribution in [1.82, 2.24) is 0 Å². The molecule has 1 heterocycles. The number of rotatable bonds is 2. The molecule has 0 amide bonds. The predicted octanol–water partition coefficient (Wildman–Crippen LogP) is 1.90. The molecule has 2 atom stereocenters. The van der Waals surface area contributed by atoms with Gasteiger partial charge < -0.3 is 4.74 Å². The fourth-order valence-corrected chi connectivity index (χ4v) is 1.72. The van der Waals surface area contributed by atoms with Crippen LogP contribution in [0.5, 0.6) is 0 Å². The Morgan fingerprint density at radius 2 is 2.55 bits per heavy atom. The first kappa shape index (κ1) is 8.73. The van der Waals surface area contributed by atoms with E-state index in [4.69, 9.17) is 4.74 Å². The summed E-state index contributed by atoms with van der Waals surface area (Å²) in [4.78, 5) is 11.0. The Morgan fingerprint density at radius 1 is 1.82 bits per heavy atom. The van der Waals surface area contributed by atoms with E-state index in [-0.39, 0.29) is 12.1 Å². The van der Waals surface area contributed by atoms with Crippen molar-refractivity contribution in [2.45, 2.75) is 26.4 Å². The van der Waals surface area contributed by atoms with E-state index in [1.54, 1.807) is 0 Å². The topological polar surface area (TPSA) is 26.3 Å². The minimum atomic E-state index is -0.113. The summed E-state index contributed by atoms with van der Waals surface area (Å²) in [5.74, 6) is 1.91. The Morgan fingerprint density at radius 3 is 3.00 bits per heavy atom. The Hall–Kier alpha value is -0.360. The van der Waals surface area contributed by atoms with Crippen LogP contribution in [0.4, 0.5) is 0 Å². The Bertz CT molecular complexity index is 187. The van der Waals surface area contributed by atoms with Crippen molar-refractivity contribution in [2.75, 3.05) is 6.16 Å². The summed E-state index contributed by atoms with van der Waals surface area (Å²) in [6.07, 6.45) is 2.01. The molecule has 2 unspecified atom stereocenters. The van der Waals surface area contributed by atoms with Gasteiger partial charge in [-0.1, -0.05) is 21.3 Å². The van der Waals surface area contributed by atoms with Crippen LogP contribution in [0.15, 0.2) is 11.4 Å². The fourth-order valence-electron chi connectivity index (χ4n) is 1.04. The fraction of sp³-hybridized carbons (Fsp3) is 0.625. The van der Waals surface area contributed by atoms with Gasteiger partial charge in [-0.2, -0.15) is 0 Å². The van der Waals surface area contributed by atoms with Crippen LogP contribution < -0.4 is 0 Å². The van der Waals surface area contributed by atoms with Crippen LogP contribution in [0.1, 0.15) is 20.3 Å². The van der Waals surface area contributed by atoms with Gasteiger partial charge >= 0.3 is 5.97 Å². The first-order valence-electron chi connectivity index (χ1n) is 3.87. The summed E-state index contributed by atoms with van der Waals surface area (Å²) in [5.41, 5.74) is 0.873. The lowest BCUT2D eigenvalue weighted by Crippen LogP contribution is -1.99. The lowest BCUT2D eigenvalue weighted by molar-refractivity contribution is -0.138. The van der Waals surface area contributed by atoms with Crippen molar-refractivity contribution in [3.05, 3.63) is 11.4 Å². The first-order chi connectivity index (χ1) is 5.24. The summed E-state index contributed by atoms with van der Waals surface area (Å²) in [6.45, 7) is 4.03. The lowest BCUT2D eigenvalue weighted by atomic mass is 10.2. The van der Waals surface area contributed by atoms with E-state index >= 15 is 0 Å². The van der Waals surface area contributed by atoms with E-state index in [0.717, 1.165) is 26.7 Å². The standard InChI is InChI=1S/C8H13O2P/c1-3-11-5-7-4-6(2)10-8(7)9/h5-6,11H,3-4H2,1-2H3/b7-5-. The number of carbonyl (C=O) groups excluding carboxylic acids is 1. The molecule has 62 valence electrons. The second-order valence-corrected chi connectivity index (χ2v) is 4.05. The molecule has 1 rings (SSSR count). The second kappa shape index (κ2) is 3.87. The minimum absolute atomic E-state index is 0.0930. The van der Waals surface area contributed by atoms with Gasteiger partial charge in [-0.05, 0) is 13.1 Å². The van der Waals surface area contributed by atoms with E-state index in [2.05, 4.69) is 6.92 Å². The molecule has 1 saturated heterocycles. The second-order valence-electron chi connectivity index (χ2n) is 2.65. The van der Waals surface area contributed by atoms with Gasteiger partial charge in [-0.3, -0.25) is 0 Å². The molecule has 3 heteroatoms. The zero-order valence-electron chi connectivity index (χ0n) is 6.89. The third kappa shape index (κ3) is 2.30. The maximum atomic E-state index is 11.0. The molecule has 11 heavy (non-hydrogen) atoms. The Balaban J connectivity index is 2.52. The molecule has 2 nitrogen and oxygen atoms in total. The minimum Gasteiger partial charge on any atom is -0.459 e. The van der Waals surface area contributed by atoms with Gasteiger partial charge in [-0.15, -0.1) is 0 Å². The molecular formula is C8H13O2P. The molecule has 1 aliphatic heterocycles. The van der Waals surface area contributed by atoms with Crippen LogP contribution in [-0.2, 0) is 9.53 Å². The van der Waals surface area contributed by atoms with E-state index in [9.17, 15) is 4.79 Å². The van der Waals surface area contributed by atoms with Gasteiger partial charge in [0.15, 0.2) is 0 Å². The van der Waals surface area contributed by atoms with Gasteiger partial charge in [0.25, 0.3) is 0 Å². The average Bonchev–Trinajstić information content (AvgIpc) is 2.26. The highest BCUT2D eigenvalue weighted by Gasteiger charge is 2.24. The lowest BCUT2D eigenvalue weighted by Gasteiger charge is -1.94. The highest BCUT2D eigenvalue weighted by Crippen LogP contribution is 2.24. The molecule has 0 N–H and O–H groups in total. The number of ether oxygens (including phenoxy) is 1. The number of esters is 1. The normalized spacial score (nSPS) is 28.7. The summed E-state index contributed by atoms with van der Waals surface area (Å²) >= 11 is 0. The van der Waals surface area contributed by atoms with Crippen molar-refractivity contribution < 1.29 is 9.53 Å². The number of carbonyl (C=O) groups is 1.